The Kier molecular flexibility index (Phi) is 5.54. The lowest BCUT2D eigenvalue weighted by Crippen LogP contribution is -2.41. The van der Waals surface area contributed by atoms with E-state index in [4.69, 9.17) is 0 Å². The summed E-state index contributed by atoms with van der Waals surface area (Å²) < 4.78 is 28.0. The first kappa shape index (κ1) is 17.6. The molecule has 0 aliphatic carbocycles. The van der Waals surface area contributed by atoms with Gasteiger partial charge in [0, 0.05) is 6.04 Å². The predicted molar refractivity (Wildman–Crippen MR) is 89.5 cm³/mol. The molecule has 126 valence electrons. The van der Waals surface area contributed by atoms with Crippen LogP contribution < -0.4 is 4.72 Å². The maximum Gasteiger partial charge on any atom is 0.240 e. The van der Waals surface area contributed by atoms with Crippen molar-refractivity contribution in [3.05, 3.63) is 42.2 Å². The second kappa shape index (κ2) is 7.23. The minimum absolute atomic E-state index is 0.116. The summed E-state index contributed by atoms with van der Waals surface area (Å²) in [6, 6.07) is 6.75. The van der Waals surface area contributed by atoms with Gasteiger partial charge in [-0.3, -0.25) is 0 Å². The molecule has 1 N–H and O–H groups in total. The standard InChI is InChI=1S/C16H24N4O2S/c1-12(2)14-5-7-15(8-6-14)23(21,22)19-16(13(3)4)11-20-17-9-10-18-20/h5-10,12-13,16,19H,11H2,1-4H3. The van der Waals surface area contributed by atoms with Crippen molar-refractivity contribution in [2.45, 2.75) is 51.1 Å². The Morgan fingerprint density at radius 2 is 1.61 bits per heavy atom. The SMILES string of the molecule is CC(C)c1ccc(S(=O)(=O)NC(Cn2nccn2)C(C)C)cc1. The normalized spacial score (nSPS) is 13.7. The molecular formula is C16H24N4O2S. The van der Waals surface area contributed by atoms with Crippen LogP contribution in [0.3, 0.4) is 0 Å². The smallest absolute Gasteiger partial charge is 0.207 e. The van der Waals surface area contributed by atoms with E-state index in [0.29, 0.717) is 12.5 Å². The molecule has 23 heavy (non-hydrogen) atoms. The lowest BCUT2D eigenvalue weighted by Gasteiger charge is -2.21. The molecule has 6 nitrogen and oxygen atoms in total. The van der Waals surface area contributed by atoms with Crippen LogP contribution >= 0.6 is 0 Å². The maximum atomic E-state index is 12.6. The fourth-order valence-corrected chi connectivity index (χ4v) is 3.57. The van der Waals surface area contributed by atoms with Crippen LogP contribution in [0.1, 0.15) is 39.2 Å². The quantitative estimate of drug-likeness (QED) is 0.842. The van der Waals surface area contributed by atoms with Crippen molar-refractivity contribution < 1.29 is 8.42 Å². The van der Waals surface area contributed by atoms with Crippen molar-refractivity contribution in [2.24, 2.45) is 5.92 Å². The average molecular weight is 336 g/mol. The summed E-state index contributed by atoms with van der Waals surface area (Å²) in [4.78, 5) is 1.77. The minimum atomic E-state index is -3.57. The highest BCUT2D eigenvalue weighted by atomic mass is 32.2. The van der Waals surface area contributed by atoms with Gasteiger partial charge in [-0.2, -0.15) is 15.0 Å². The van der Waals surface area contributed by atoms with E-state index in [1.807, 2.05) is 26.0 Å². The van der Waals surface area contributed by atoms with Gasteiger partial charge >= 0.3 is 0 Å². The molecule has 1 aromatic heterocycles. The molecule has 1 heterocycles. The number of hydrogen-bond donors (Lipinski definition) is 1. The maximum absolute atomic E-state index is 12.6. The summed E-state index contributed by atoms with van der Waals surface area (Å²) in [6.45, 7) is 8.49. The van der Waals surface area contributed by atoms with Crippen molar-refractivity contribution in [1.82, 2.24) is 19.7 Å². The van der Waals surface area contributed by atoms with Crippen LogP contribution in [0.25, 0.3) is 0 Å². The Morgan fingerprint density at radius 3 is 2.09 bits per heavy atom. The first-order valence-corrected chi connectivity index (χ1v) is 9.24. The van der Waals surface area contributed by atoms with E-state index in [0.717, 1.165) is 5.56 Å². The molecule has 2 aromatic rings. The van der Waals surface area contributed by atoms with Gasteiger partial charge in [-0.15, -0.1) is 0 Å². The van der Waals surface area contributed by atoms with Crippen molar-refractivity contribution >= 4 is 10.0 Å². The van der Waals surface area contributed by atoms with Gasteiger partial charge in [0.05, 0.1) is 23.8 Å². The average Bonchev–Trinajstić information content (AvgIpc) is 2.99. The van der Waals surface area contributed by atoms with E-state index in [9.17, 15) is 8.42 Å². The Morgan fingerprint density at radius 1 is 1.04 bits per heavy atom. The van der Waals surface area contributed by atoms with Gasteiger partial charge in [0.1, 0.15) is 0 Å². The number of sulfonamides is 1. The Bertz CT molecular complexity index is 707. The molecule has 0 bridgehead atoms. The Balaban J connectivity index is 2.17. The van der Waals surface area contributed by atoms with Gasteiger partial charge in [-0.05, 0) is 29.5 Å². The summed E-state index contributed by atoms with van der Waals surface area (Å²) in [5, 5.41) is 8.09. The molecule has 0 fully saturated rings. The largest absolute Gasteiger partial charge is 0.240 e. The summed E-state index contributed by atoms with van der Waals surface area (Å²) in [6.07, 6.45) is 3.16. The van der Waals surface area contributed by atoms with E-state index in [2.05, 4.69) is 28.8 Å². The van der Waals surface area contributed by atoms with Crippen LogP contribution in [0.4, 0.5) is 0 Å². The monoisotopic (exact) mass is 336 g/mol. The fraction of sp³-hybridized carbons (Fsp3) is 0.500. The number of nitrogens with one attached hydrogen (secondary N) is 1. The molecule has 1 aromatic carbocycles. The Hall–Kier alpha value is -1.73. The van der Waals surface area contributed by atoms with Crippen LogP contribution in [0.2, 0.25) is 0 Å². The molecule has 0 spiro atoms. The number of nitrogens with zero attached hydrogens (tertiary/aromatic N) is 3. The van der Waals surface area contributed by atoms with Crippen LogP contribution in [-0.2, 0) is 16.6 Å². The predicted octanol–water partition coefficient (Wildman–Crippen LogP) is 2.40. The highest BCUT2D eigenvalue weighted by Gasteiger charge is 2.23. The second-order valence-electron chi connectivity index (χ2n) is 6.28. The van der Waals surface area contributed by atoms with Gasteiger partial charge in [-0.25, -0.2) is 13.1 Å². The third-order valence-electron chi connectivity index (χ3n) is 3.79. The number of hydrogen-bond acceptors (Lipinski definition) is 4. The number of aromatic nitrogens is 3. The molecule has 0 saturated carbocycles. The molecule has 7 heteroatoms. The lowest BCUT2D eigenvalue weighted by atomic mass is 10.0. The first-order chi connectivity index (χ1) is 10.8. The molecule has 0 aliphatic rings. The van der Waals surface area contributed by atoms with Crippen LogP contribution in [-0.4, -0.2) is 29.5 Å². The van der Waals surface area contributed by atoms with Crippen LogP contribution in [0, 0.1) is 5.92 Å². The van der Waals surface area contributed by atoms with E-state index < -0.39 is 10.0 Å². The molecule has 0 amide bonds. The third-order valence-corrected chi connectivity index (χ3v) is 5.30. The van der Waals surface area contributed by atoms with E-state index in [1.165, 1.54) is 4.80 Å². The molecular weight excluding hydrogens is 312 g/mol. The number of rotatable bonds is 7. The van der Waals surface area contributed by atoms with E-state index in [-0.39, 0.29) is 16.9 Å². The molecule has 1 atom stereocenters. The topological polar surface area (TPSA) is 76.9 Å². The molecule has 0 aliphatic heterocycles. The Labute approximate surface area is 138 Å². The zero-order valence-corrected chi connectivity index (χ0v) is 14.8. The highest BCUT2D eigenvalue weighted by Crippen LogP contribution is 2.18. The summed E-state index contributed by atoms with van der Waals surface area (Å²) >= 11 is 0. The van der Waals surface area contributed by atoms with Crippen LogP contribution in [0.15, 0.2) is 41.6 Å². The second-order valence-corrected chi connectivity index (χ2v) is 7.99. The van der Waals surface area contributed by atoms with Crippen molar-refractivity contribution in [3.8, 4) is 0 Å². The summed E-state index contributed by atoms with van der Waals surface area (Å²) in [5.41, 5.74) is 1.12. The van der Waals surface area contributed by atoms with E-state index >= 15 is 0 Å². The number of benzene rings is 1. The lowest BCUT2D eigenvalue weighted by molar-refractivity contribution is 0.361. The zero-order chi connectivity index (χ0) is 17.0. The molecule has 0 saturated heterocycles. The van der Waals surface area contributed by atoms with Crippen molar-refractivity contribution in [1.29, 1.82) is 0 Å². The summed E-state index contributed by atoms with van der Waals surface area (Å²) in [5.74, 6) is 0.486. The zero-order valence-electron chi connectivity index (χ0n) is 14.0. The van der Waals surface area contributed by atoms with Gasteiger partial charge in [0.25, 0.3) is 0 Å². The van der Waals surface area contributed by atoms with Gasteiger partial charge in [0.15, 0.2) is 0 Å². The molecule has 2 rings (SSSR count). The van der Waals surface area contributed by atoms with Crippen molar-refractivity contribution in [3.63, 3.8) is 0 Å². The van der Waals surface area contributed by atoms with Gasteiger partial charge in [0.2, 0.25) is 10.0 Å². The molecule has 1 unspecified atom stereocenters. The van der Waals surface area contributed by atoms with Gasteiger partial charge < -0.3 is 0 Å². The van der Waals surface area contributed by atoms with Crippen LogP contribution in [0.5, 0.6) is 0 Å². The fourth-order valence-electron chi connectivity index (χ4n) is 2.20. The first-order valence-electron chi connectivity index (χ1n) is 7.76. The highest BCUT2D eigenvalue weighted by molar-refractivity contribution is 7.89. The van der Waals surface area contributed by atoms with Crippen molar-refractivity contribution in [2.75, 3.05) is 0 Å². The molecule has 0 radical (unpaired) electrons. The minimum Gasteiger partial charge on any atom is -0.207 e. The van der Waals surface area contributed by atoms with E-state index in [1.54, 1.807) is 24.5 Å². The van der Waals surface area contributed by atoms with Gasteiger partial charge in [-0.1, -0.05) is 39.8 Å². The summed E-state index contributed by atoms with van der Waals surface area (Å²) in [7, 11) is -3.57. The third kappa shape index (κ3) is 4.62.